The van der Waals surface area contributed by atoms with Crippen molar-refractivity contribution in [2.24, 2.45) is 0 Å². The molecule has 7 heteroatoms. The SMILES string of the molecule is Cc1nc2ccc(C(=O)O)cc2n1C(C)CS(C)(=O)=O. The number of sulfone groups is 1. The Morgan fingerprint density at radius 2 is 2.10 bits per heavy atom. The molecule has 20 heavy (non-hydrogen) atoms. The lowest BCUT2D eigenvalue weighted by molar-refractivity contribution is 0.0697. The zero-order valence-corrected chi connectivity index (χ0v) is 12.3. The molecule has 2 rings (SSSR count). The molecule has 0 amide bonds. The van der Waals surface area contributed by atoms with Gasteiger partial charge in [0.15, 0.2) is 0 Å². The van der Waals surface area contributed by atoms with Gasteiger partial charge in [0.2, 0.25) is 0 Å². The number of carboxylic acid groups (broad SMARTS) is 1. The monoisotopic (exact) mass is 296 g/mol. The number of carboxylic acids is 1. The normalized spacial score (nSPS) is 13.6. The fourth-order valence-electron chi connectivity index (χ4n) is 2.42. The van der Waals surface area contributed by atoms with Crippen molar-refractivity contribution < 1.29 is 18.3 Å². The molecule has 0 fully saturated rings. The van der Waals surface area contributed by atoms with Gasteiger partial charge in [-0.2, -0.15) is 0 Å². The first-order chi connectivity index (χ1) is 9.19. The first kappa shape index (κ1) is 14.5. The number of benzene rings is 1. The summed E-state index contributed by atoms with van der Waals surface area (Å²) in [6.07, 6.45) is 1.18. The standard InChI is InChI=1S/C13H16N2O4S/c1-8(7-20(3,18)19)15-9(2)14-11-5-4-10(13(16)17)6-12(11)15/h4-6,8H,7H2,1-3H3,(H,16,17). The lowest BCUT2D eigenvalue weighted by atomic mass is 10.2. The van der Waals surface area contributed by atoms with Gasteiger partial charge in [0.1, 0.15) is 15.7 Å². The van der Waals surface area contributed by atoms with Crippen LogP contribution in [0.1, 0.15) is 29.1 Å². The Bertz CT molecular complexity index is 777. The number of hydrogen-bond donors (Lipinski definition) is 1. The molecule has 1 aromatic carbocycles. The number of imidazole rings is 1. The summed E-state index contributed by atoms with van der Waals surface area (Å²) >= 11 is 0. The molecule has 6 nitrogen and oxygen atoms in total. The molecular weight excluding hydrogens is 280 g/mol. The highest BCUT2D eigenvalue weighted by Gasteiger charge is 2.18. The van der Waals surface area contributed by atoms with Crippen LogP contribution in [0.25, 0.3) is 11.0 Å². The van der Waals surface area contributed by atoms with Crippen molar-refractivity contribution in [2.75, 3.05) is 12.0 Å². The second-order valence-electron chi connectivity index (χ2n) is 4.98. The van der Waals surface area contributed by atoms with Crippen LogP contribution in [0.5, 0.6) is 0 Å². The van der Waals surface area contributed by atoms with Crippen molar-refractivity contribution in [3.63, 3.8) is 0 Å². The number of aryl methyl sites for hydroxylation is 1. The Morgan fingerprint density at radius 1 is 1.45 bits per heavy atom. The van der Waals surface area contributed by atoms with E-state index in [0.717, 1.165) is 0 Å². The molecular formula is C13H16N2O4S. The second kappa shape index (κ2) is 4.90. The van der Waals surface area contributed by atoms with E-state index >= 15 is 0 Å². The average Bonchev–Trinajstić information content (AvgIpc) is 2.61. The van der Waals surface area contributed by atoms with Crippen molar-refractivity contribution in [1.29, 1.82) is 0 Å². The fraction of sp³-hybridized carbons (Fsp3) is 0.385. The zero-order chi connectivity index (χ0) is 15.1. The first-order valence-corrected chi connectivity index (χ1v) is 8.14. The van der Waals surface area contributed by atoms with E-state index in [1.165, 1.54) is 18.4 Å². The highest BCUT2D eigenvalue weighted by atomic mass is 32.2. The highest BCUT2D eigenvalue weighted by Crippen LogP contribution is 2.23. The van der Waals surface area contributed by atoms with Crippen LogP contribution in [0.3, 0.4) is 0 Å². The molecule has 0 aliphatic rings. The summed E-state index contributed by atoms with van der Waals surface area (Å²) in [6, 6.07) is 4.34. The lowest BCUT2D eigenvalue weighted by Gasteiger charge is -2.15. The zero-order valence-electron chi connectivity index (χ0n) is 11.5. The molecule has 1 heterocycles. The number of nitrogens with zero attached hydrogens (tertiary/aromatic N) is 2. The maximum Gasteiger partial charge on any atom is 0.335 e. The lowest BCUT2D eigenvalue weighted by Crippen LogP contribution is -2.17. The summed E-state index contributed by atoms with van der Waals surface area (Å²) in [4.78, 5) is 15.4. The van der Waals surface area contributed by atoms with Crippen LogP contribution in [-0.4, -0.2) is 41.1 Å². The van der Waals surface area contributed by atoms with Gasteiger partial charge >= 0.3 is 5.97 Å². The van der Waals surface area contributed by atoms with E-state index in [4.69, 9.17) is 5.11 Å². The van der Waals surface area contributed by atoms with Crippen LogP contribution in [0, 0.1) is 6.92 Å². The van der Waals surface area contributed by atoms with Gasteiger partial charge in [-0.15, -0.1) is 0 Å². The highest BCUT2D eigenvalue weighted by molar-refractivity contribution is 7.90. The Hall–Kier alpha value is -1.89. The topological polar surface area (TPSA) is 89.3 Å². The summed E-state index contributed by atoms with van der Waals surface area (Å²) in [6.45, 7) is 3.56. The van der Waals surface area contributed by atoms with E-state index in [2.05, 4.69) is 4.98 Å². The van der Waals surface area contributed by atoms with E-state index in [1.807, 2.05) is 0 Å². The van der Waals surface area contributed by atoms with E-state index in [9.17, 15) is 13.2 Å². The van der Waals surface area contributed by atoms with Crippen molar-refractivity contribution in [2.45, 2.75) is 19.9 Å². The van der Waals surface area contributed by atoms with E-state index in [1.54, 1.807) is 24.5 Å². The molecule has 0 saturated heterocycles. The van der Waals surface area contributed by atoms with Crippen molar-refractivity contribution in [3.05, 3.63) is 29.6 Å². The van der Waals surface area contributed by atoms with Crippen LogP contribution in [0.2, 0.25) is 0 Å². The summed E-state index contributed by atoms with van der Waals surface area (Å²) in [5.74, 6) is -0.372. The molecule has 0 aliphatic heterocycles. The van der Waals surface area contributed by atoms with Crippen LogP contribution in [-0.2, 0) is 9.84 Å². The summed E-state index contributed by atoms with van der Waals surface area (Å²) in [7, 11) is -3.13. The largest absolute Gasteiger partial charge is 0.478 e. The van der Waals surface area contributed by atoms with Gasteiger partial charge in [-0.3, -0.25) is 0 Å². The summed E-state index contributed by atoms with van der Waals surface area (Å²) in [5.41, 5.74) is 1.46. The fourth-order valence-corrected chi connectivity index (χ4v) is 3.44. The molecule has 0 aliphatic carbocycles. The van der Waals surface area contributed by atoms with Crippen molar-refractivity contribution >= 4 is 26.8 Å². The number of aromatic nitrogens is 2. The number of aromatic carboxylic acids is 1. The minimum atomic E-state index is -3.13. The van der Waals surface area contributed by atoms with Crippen LogP contribution < -0.4 is 0 Å². The molecule has 1 aromatic heterocycles. The van der Waals surface area contributed by atoms with E-state index < -0.39 is 15.8 Å². The van der Waals surface area contributed by atoms with Gasteiger partial charge in [0.05, 0.1) is 22.3 Å². The minimum absolute atomic E-state index is 0.0173. The Balaban J connectivity index is 2.59. The van der Waals surface area contributed by atoms with Gasteiger partial charge in [-0.25, -0.2) is 18.2 Å². The smallest absolute Gasteiger partial charge is 0.335 e. The predicted octanol–water partition coefficient (Wildman–Crippen LogP) is 1.65. The van der Waals surface area contributed by atoms with E-state index in [-0.39, 0.29) is 17.4 Å². The van der Waals surface area contributed by atoms with Gasteiger partial charge in [-0.05, 0) is 32.0 Å². The minimum Gasteiger partial charge on any atom is -0.478 e. The molecule has 0 radical (unpaired) electrons. The molecule has 2 aromatic rings. The van der Waals surface area contributed by atoms with E-state index in [0.29, 0.717) is 16.9 Å². The van der Waals surface area contributed by atoms with Gasteiger partial charge in [0, 0.05) is 12.3 Å². The maximum atomic E-state index is 11.4. The third-order valence-electron chi connectivity index (χ3n) is 3.10. The third-order valence-corrected chi connectivity index (χ3v) is 4.19. The summed E-state index contributed by atoms with van der Waals surface area (Å²) in [5, 5.41) is 9.04. The van der Waals surface area contributed by atoms with Crippen LogP contribution >= 0.6 is 0 Å². The van der Waals surface area contributed by atoms with Crippen LogP contribution in [0.15, 0.2) is 18.2 Å². The van der Waals surface area contributed by atoms with Crippen molar-refractivity contribution in [1.82, 2.24) is 9.55 Å². The molecule has 108 valence electrons. The number of rotatable bonds is 4. The Labute approximate surface area is 117 Å². The number of carbonyl (C=O) groups is 1. The molecule has 1 N–H and O–H groups in total. The molecule has 0 spiro atoms. The Kier molecular flexibility index (Phi) is 3.56. The second-order valence-corrected chi connectivity index (χ2v) is 7.16. The maximum absolute atomic E-state index is 11.4. The average molecular weight is 296 g/mol. The van der Waals surface area contributed by atoms with Gasteiger partial charge < -0.3 is 9.67 Å². The quantitative estimate of drug-likeness (QED) is 0.926. The van der Waals surface area contributed by atoms with Crippen molar-refractivity contribution in [3.8, 4) is 0 Å². The predicted molar refractivity (Wildman–Crippen MR) is 75.9 cm³/mol. The first-order valence-electron chi connectivity index (χ1n) is 6.08. The molecule has 1 atom stereocenters. The van der Waals surface area contributed by atoms with Gasteiger partial charge in [0.25, 0.3) is 0 Å². The molecule has 0 bridgehead atoms. The molecule has 0 saturated carbocycles. The third kappa shape index (κ3) is 2.82. The number of hydrogen-bond acceptors (Lipinski definition) is 4. The Morgan fingerprint density at radius 3 is 2.65 bits per heavy atom. The number of fused-ring (bicyclic) bond motifs is 1. The van der Waals surface area contributed by atoms with Gasteiger partial charge in [-0.1, -0.05) is 0 Å². The summed E-state index contributed by atoms with van der Waals surface area (Å²) < 4.78 is 24.6. The molecule has 1 unspecified atom stereocenters. The van der Waals surface area contributed by atoms with Crippen LogP contribution in [0.4, 0.5) is 0 Å².